The minimum absolute atomic E-state index is 0.0711. The molecule has 0 saturated carbocycles. The van der Waals surface area contributed by atoms with Gasteiger partial charge in [0.2, 0.25) is 0 Å². The van der Waals surface area contributed by atoms with Crippen LogP contribution < -0.4 is 15.6 Å². The molecule has 0 saturated heterocycles. The first-order chi connectivity index (χ1) is 11.8. The minimum Gasteiger partial charge on any atom is -0.507 e. The second-order valence-electron chi connectivity index (χ2n) is 6.55. The summed E-state index contributed by atoms with van der Waals surface area (Å²) in [6.45, 7) is 5.93. The molecule has 0 atom stereocenters. The summed E-state index contributed by atoms with van der Waals surface area (Å²) in [5.41, 5.74) is 5.44. The van der Waals surface area contributed by atoms with Crippen molar-refractivity contribution in [3.05, 3.63) is 59.7 Å². The second-order valence-corrected chi connectivity index (χ2v) is 6.55. The van der Waals surface area contributed by atoms with Crippen LogP contribution in [-0.4, -0.2) is 23.5 Å². The lowest BCUT2D eigenvalue weighted by Gasteiger charge is -2.22. The quantitative estimate of drug-likeness (QED) is 0.745. The van der Waals surface area contributed by atoms with Gasteiger partial charge in [0.1, 0.15) is 11.5 Å². The molecule has 2 aromatic rings. The maximum atomic E-state index is 11.9. The standard InChI is InChI=1S/C19H22N2O4/c1-19(2,3)14-9-5-7-11-16(14)25-12-17(23)20-21-18(24)13-8-4-6-10-15(13)22/h4-11,22H,12H2,1-3H3,(H,20,23)(H,21,24). The largest absolute Gasteiger partial charge is 0.507 e. The zero-order chi connectivity index (χ0) is 18.4. The van der Waals surface area contributed by atoms with Crippen molar-refractivity contribution in [3.8, 4) is 11.5 Å². The van der Waals surface area contributed by atoms with Crippen molar-refractivity contribution < 1.29 is 19.4 Å². The van der Waals surface area contributed by atoms with Gasteiger partial charge in [0.25, 0.3) is 11.8 Å². The van der Waals surface area contributed by atoms with E-state index in [2.05, 4.69) is 31.6 Å². The van der Waals surface area contributed by atoms with Crippen LogP contribution in [0.5, 0.6) is 11.5 Å². The van der Waals surface area contributed by atoms with Crippen LogP contribution in [0.4, 0.5) is 0 Å². The molecule has 0 bridgehead atoms. The molecule has 3 N–H and O–H groups in total. The van der Waals surface area contributed by atoms with Crippen molar-refractivity contribution in [3.63, 3.8) is 0 Å². The van der Waals surface area contributed by atoms with Gasteiger partial charge in [0, 0.05) is 0 Å². The number of hydrogen-bond acceptors (Lipinski definition) is 4. The first-order valence-corrected chi connectivity index (χ1v) is 7.88. The van der Waals surface area contributed by atoms with Crippen LogP contribution in [0.3, 0.4) is 0 Å². The van der Waals surface area contributed by atoms with Gasteiger partial charge < -0.3 is 9.84 Å². The zero-order valence-corrected chi connectivity index (χ0v) is 14.5. The van der Waals surface area contributed by atoms with E-state index in [1.165, 1.54) is 12.1 Å². The van der Waals surface area contributed by atoms with E-state index in [0.717, 1.165) is 5.56 Å². The number of phenols is 1. The molecule has 0 unspecified atom stereocenters. The van der Waals surface area contributed by atoms with Crippen LogP contribution in [0.25, 0.3) is 0 Å². The highest BCUT2D eigenvalue weighted by atomic mass is 16.5. The first-order valence-electron chi connectivity index (χ1n) is 7.88. The molecule has 0 aliphatic heterocycles. The highest BCUT2D eigenvalue weighted by Gasteiger charge is 2.19. The summed E-state index contributed by atoms with van der Waals surface area (Å²) in [6.07, 6.45) is 0. The monoisotopic (exact) mass is 342 g/mol. The predicted octanol–water partition coefficient (Wildman–Crippen LogP) is 2.53. The number of carbonyl (C=O) groups excluding carboxylic acids is 2. The third-order valence-electron chi connectivity index (χ3n) is 3.52. The Balaban J connectivity index is 1.90. The first kappa shape index (κ1) is 18.3. The number of ether oxygens (including phenoxy) is 1. The molecule has 0 aliphatic rings. The molecular weight excluding hydrogens is 320 g/mol. The fourth-order valence-corrected chi connectivity index (χ4v) is 2.25. The van der Waals surface area contributed by atoms with Gasteiger partial charge in [0.05, 0.1) is 5.56 Å². The molecule has 6 nitrogen and oxygen atoms in total. The summed E-state index contributed by atoms with van der Waals surface area (Å²) in [4.78, 5) is 23.8. The van der Waals surface area contributed by atoms with Gasteiger partial charge in [-0.3, -0.25) is 20.4 Å². The Morgan fingerprint density at radius 2 is 1.64 bits per heavy atom. The number of nitrogens with one attached hydrogen (secondary N) is 2. The fraction of sp³-hybridized carbons (Fsp3) is 0.263. The number of para-hydroxylation sites is 2. The molecule has 2 aromatic carbocycles. The van der Waals surface area contributed by atoms with Crippen molar-refractivity contribution in [1.82, 2.24) is 10.9 Å². The van der Waals surface area contributed by atoms with E-state index in [-0.39, 0.29) is 23.3 Å². The summed E-state index contributed by atoms with van der Waals surface area (Å²) < 4.78 is 5.57. The van der Waals surface area contributed by atoms with Crippen LogP contribution in [0.15, 0.2) is 48.5 Å². The summed E-state index contributed by atoms with van der Waals surface area (Å²) in [6, 6.07) is 13.6. The van der Waals surface area contributed by atoms with E-state index in [1.807, 2.05) is 18.2 Å². The number of carbonyl (C=O) groups is 2. The smallest absolute Gasteiger partial charge is 0.276 e. The Hall–Kier alpha value is -3.02. The Morgan fingerprint density at radius 1 is 1.00 bits per heavy atom. The van der Waals surface area contributed by atoms with E-state index in [4.69, 9.17) is 4.74 Å². The molecule has 0 aromatic heterocycles. The molecule has 0 heterocycles. The third-order valence-corrected chi connectivity index (χ3v) is 3.52. The second kappa shape index (κ2) is 7.70. The van der Waals surface area contributed by atoms with Gasteiger partial charge in [0.15, 0.2) is 6.61 Å². The third kappa shape index (κ3) is 4.97. The SMILES string of the molecule is CC(C)(C)c1ccccc1OCC(=O)NNC(=O)c1ccccc1O. The molecule has 6 heteroatoms. The summed E-state index contributed by atoms with van der Waals surface area (Å²) in [5, 5.41) is 9.61. The van der Waals surface area contributed by atoms with Crippen LogP contribution in [0.2, 0.25) is 0 Å². The molecule has 2 rings (SSSR count). The number of phenolic OH excluding ortho intramolecular Hbond substituents is 1. The Bertz CT molecular complexity index is 766. The normalized spacial score (nSPS) is 10.8. The highest BCUT2D eigenvalue weighted by Crippen LogP contribution is 2.30. The van der Waals surface area contributed by atoms with Crippen LogP contribution >= 0.6 is 0 Å². The summed E-state index contributed by atoms with van der Waals surface area (Å²) >= 11 is 0. The average molecular weight is 342 g/mol. The van der Waals surface area contributed by atoms with E-state index in [9.17, 15) is 14.7 Å². The highest BCUT2D eigenvalue weighted by molar-refractivity contribution is 5.97. The summed E-state index contributed by atoms with van der Waals surface area (Å²) in [5.74, 6) is -0.657. The average Bonchev–Trinajstić information content (AvgIpc) is 2.57. The van der Waals surface area contributed by atoms with Gasteiger partial charge in [-0.2, -0.15) is 0 Å². The number of rotatable bonds is 4. The van der Waals surface area contributed by atoms with Gasteiger partial charge in [-0.15, -0.1) is 0 Å². The number of amides is 2. The molecular formula is C19H22N2O4. The lowest BCUT2D eigenvalue weighted by atomic mass is 9.86. The molecule has 0 aliphatic carbocycles. The number of aromatic hydroxyl groups is 1. The van der Waals surface area contributed by atoms with Crippen molar-refractivity contribution in [2.45, 2.75) is 26.2 Å². The lowest BCUT2D eigenvalue weighted by molar-refractivity contribution is -0.123. The van der Waals surface area contributed by atoms with Gasteiger partial charge in [-0.1, -0.05) is 51.1 Å². The van der Waals surface area contributed by atoms with Crippen LogP contribution in [-0.2, 0) is 10.2 Å². The molecule has 132 valence electrons. The molecule has 25 heavy (non-hydrogen) atoms. The van der Waals surface area contributed by atoms with E-state index < -0.39 is 11.8 Å². The summed E-state index contributed by atoms with van der Waals surface area (Å²) in [7, 11) is 0. The van der Waals surface area contributed by atoms with Crippen molar-refractivity contribution in [2.75, 3.05) is 6.61 Å². The van der Waals surface area contributed by atoms with E-state index in [0.29, 0.717) is 5.75 Å². The van der Waals surface area contributed by atoms with Crippen molar-refractivity contribution in [2.24, 2.45) is 0 Å². The molecule has 0 spiro atoms. The predicted molar refractivity (Wildman–Crippen MR) is 94.4 cm³/mol. The van der Waals surface area contributed by atoms with Gasteiger partial charge in [-0.05, 0) is 29.2 Å². The Labute approximate surface area is 146 Å². The van der Waals surface area contributed by atoms with Crippen LogP contribution in [0.1, 0.15) is 36.7 Å². The maximum Gasteiger partial charge on any atom is 0.276 e. The minimum atomic E-state index is -0.610. The topological polar surface area (TPSA) is 87.7 Å². The zero-order valence-electron chi connectivity index (χ0n) is 14.5. The van der Waals surface area contributed by atoms with Gasteiger partial charge >= 0.3 is 0 Å². The Kier molecular flexibility index (Phi) is 5.64. The lowest BCUT2D eigenvalue weighted by Crippen LogP contribution is -2.43. The number of hydrazine groups is 1. The molecule has 2 amide bonds. The van der Waals surface area contributed by atoms with E-state index in [1.54, 1.807) is 18.2 Å². The van der Waals surface area contributed by atoms with Crippen molar-refractivity contribution >= 4 is 11.8 Å². The van der Waals surface area contributed by atoms with Crippen LogP contribution in [0, 0.1) is 0 Å². The maximum absolute atomic E-state index is 11.9. The number of benzene rings is 2. The van der Waals surface area contributed by atoms with E-state index >= 15 is 0 Å². The van der Waals surface area contributed by atoms with Gasteiger partial charge in [-0.25, -0.2) is 0 Å². The van der Waals surface area contributed by atoms with Crippen molar-refractivity contribution in [1.29, 1.82) is 0 Å². The Morgan fingerprint density at radius 3 is 2.32 bits per heavy atom. The molecule has 0 fully saturated rings. The number of hydrogen-bond donors (Lipinski definition) is 3. The fourth-order valence-electron chi connectivity index (χ4n) is 2.25. The molecule has 0 radical (unpaired) electrons.